The van der Waals surface area contributed by atoms with E-state index in [2.05, 4.69) is 21.2 Å². The third kappa shape index (κ3) is 3.49. The highest BCUT2D eigenvalue weighted by molar-refractivity contribution is 9.10. The van der Waals surface area contributed by atoms with Crippen molar-refractivity contribution >= 4 is 27.7 Å². The standard InChI is InChI=1S/C22H24BrNO3/c1-13-19(22(26)27-14-7-2-3-8-14)20(15-9-4-5-10-16(15)23)21-17(24-13)11-6-12-18(21)25/h4-5,9-10,14,20,24H,2-3,6-8,11-12H2,1H3. The first-order valence-corrected chi connectivity index (χ1v) is 10.5. The Bertz CT molecular complexity index is 849. The maximum atomic E-state index is 13.2. The average molecular weight is 430 g/mol. The Kier molecular flexibility index (Phi) is 5.22. The van der Waals surface area contributed by atoms with Crippen LogP contribution in [0.5, 0.6) is 0 Å². The molecule has 2 aliphatic carbocycles. The number of hydrogen-bond donors (Lipinski definition) is 1. The lowest BCUT2D eigenvalue weighted by molar-refractivity contribution is -0.144. The van der Waals surface area contributed by atoms with Gasteiger partial charge in [0.25, 0.3) is 0 Å². The summed E-state index contributed by atoms with van der Waals surface area (Å²) in [4.78, 5) is 26.0. The number of ketones is 1. The lowest BCUT2D eigenvalue weighted by Crippen LogP contribution is -2.35. The fourth-order valence-corrected chi connectivity index (χ4v) is 5.01. The monoisotopic (exact) mass is 429 g/mol. The molecular formula is C22H24BrNO3. The predicted octanol–water partition coefficient (Wildman–Crippen LogP) is 4.90. The second-order valence-electron chi connectivity index (χ2n) is 7.60. The number of dihydropyridines is 1. The molecule has 142 valence electrons. The second kappa shape index (κ2) is 7.63. The molecule has 1 N–H and O–H groups in total. The number of ether oxygens (including phenoxy) is 1. The Labute approximate surface area is 168 Å². The number of carbonyl (C=O) groups is 2. The van der Waals surface area contributed by atoms with Crippen molar-refractivity contribution in [3.63, 3.8) is 0 Å². The molecule has 1 heterocycles. The van der Waals surface area contributed by atoms with Gasteiger partial charge in [-0.3, -0.25) is 4.79 Å². The number of Topliss-reactive ketones (excluding diaryl/α,β-unsaturated/α-hetero) is 1. The zero-order chi connectivity index (χ0) is 19.0. The molecule has 1 aromatic rings. The number of allylic oxidation sites excluding steroid dienone is 3. The van der Waals surface area contributed by atoms with Crippen molar-refractivity contribution in [3.05, 3.63) is 56.8 Å². The molecule has 4 rings (SSSR count). The van der Waals surface area contributed by atoms with Gasteiger partial charge < -0.3 is 10.1 Å². The van der Waals surface area contributed by atoms with Gasteiger partial charge in [0.15, 0.2) is 5.78 Å². The van der Waals surface area contributed by atoms with E-state index in [4.69, 9.17) is 4.74 Å². The first kappa shape index (κ1) is 18.5. The molecule has 1 unspecified atom stereocenters. The molecule has 5 heteroatoms. The van der Waals surface area contributed by atoms with Crippen molar-refractivity contribution in [3.8, 4) is 0 Å². The van der Waals surface area contributed by atoms with Crippen LogP contribution in [0.25, 0.3) is 0 Å². The zero-order valence-electron chi connectivity index (χ0n) is 15.5. The van der Waals surface area contributed by atoms with E-state index in [1.165, 1.54) is 0 Å². The maximum Gasteiger partial charge on any atom is 0.337 e. The van der Waals surface area contributed by atoms with Gasteiger partial charge in [0.1, 0.15) is 6.10 Å². The summed E-state index contributed by atoms with van der Waals surface area (Å²) in [5.74, 6) is -0.542. The average Bonchev–Trinajstić information content (AvgIpc) is 3.14. The van der Waals surface area contributed by atoms with Crippen LogP contribution in [0, 0.1) is 0 Å². The SMILES string of the molecule is CC1=C(C(=O)OC2CCCC2)C(c2ccccc2Br)C2=C(CCCC2=O)N1. The molecule has 0 radical (unpaired) electrons. The number of benzene rings is 1. The van der Waals surface area contributed by atoms with Crippen LogP contribution < -0.4 is 5.32 Å². The third-order valence-electron chi connectivity index (χ3n) is 5.79. The van der Waals surface area contributed by atoms with Gasteiger partial charge in [-0.15, -0.1) is 0 Å². The molecule has 1 aromatic carbocycles. The number of carbonyl (C=O) groups excluding carboxylic acids is 2. The summed E-state index contributed by atoms with van der Waals surface area (Å²) in [5.41, 5.74) is 4.01. The number of nitrogens with one attached hydrogen (secondary N) is 1. The fourth-order valence-electron chi connectivity index (χ4n) is 4.50. The Morgan fingerprint density at radius 1 is 1.15 bits per heavy atom. The zero-order valence-corrected chi connectivity index (χ0v) is 17.1. The van der Waals surface area contributed by atoms with Crippen molar-refractivity contribution in [2.45, 2.75) is 63.9 Å². The van der Waals surface area contributed by atoms with Crippen molar-refractivity contribution in [2.24, 2.45) is 0 Å². The molecule has 0 spiro atoms. The lowest BCUT2D eigenvalue weighted by Gasteiger charge is -2.34. The largest absolute Gasteiger partial charge is 0.459 e. The van der Waals surface area contributed by atoms with Gasteiger partial charge in [-0.1, -0.05) is 34.1 Å². The van der Waals surface area contributed by atoms with Crippen LogP contribution in [0.2, 0.25) is 0 Å². The summed E-state index contributed by atoms with van der Waals surface area (Å²) in [6.07, 6.45) is 6.29. The van der Waals surface area contributed by atoms with Gasteiger partial charge in [-0.25, -0.2) is 4.79 Å². The van der Waals surface area contributed by atoms with Crippen molar-refractivity contribution < 1.29 is 14.3 Å². The molecule has 1 aliphatic heterocycles. The van der Waals surface area contributed by atoms with Crippen LogP contribution in [0.1, 0.15) is 63.4 Å². The van der Waals surface area contributed by atoms with Crippen LogP contribution in [0.15, 0.2) is 51.3 Å². The molecule has 0 aromatic heterocycles. The third-order valence-corrected chi connectivity index (χ3v) is 6.51. The molecule has 27 heavy (non-hydrogen) atoms. The van der Waals surface area contributed by atoms with E-state index in [9.17, 15) is 9.59 Å². The van der Waals surface area contributed by atoms with Crippen LogP contribution in [-0.4, -0.2) is 17.9 Å². The number of rotatable bonds is 3. The Morgan fingerprint density at radius 3 is 2.63 bits per heavy atom. The van der Waals surface area contributed by atoms with Crippen molar-refractivity contribution in [1.82, 2.24) is 5.32 Å². The van der Waals surface area contributed by atoms with Crippen LogP contribution in [0.4, 0.5) is 0 Å². The summed E-state index contributed by atoms with van der Waals surface area (Å²) in [5, 5.41) is 3.35. The highest BCUT2D eigenvalue weighted by atomic mass is 79.9. The van der Waals surface area contributed by atoms with E-state index < -0.39 is 0 Å². The number of esters is 1. The van der Waals surface area contributed by atoms with Crippen LogP contribution in [0.3, 0.4) is 0 Å². The van der Waals surface area contributed by atoms with E-state index in [0.717, 1.165) is 65.5 Å². The second-order valence-corrected chi connectivity index (χ2v) is 8.45. The number of hydrogen-bond acceptors (Lipinski definition) is 4. The van der Waals surface area contributed by atoms with Gasteiger partial charge in [-0.2, -0.15) is 0 Å². The summed E-state index contributed by atoms with van der Waals surface area (Å²) < 4.78 is 6.75. The van der Waals surface area contributed by atoms with Crippen LogP contribution >= 0.6 is 15.9 Å². The van der Waals surface area contributed by atoms with Crippen molar-refractivity contribution in [2.75, 3.05) is 0 Å². The van der Waals surface area contributed by atoms with E-state index >= 15 is 0 Å². The van der Waals surface area contributed by atoms with E-state index in [1.54, 1.807) is 0 Å². The maximum absolute atomic E-state index is 13.2. The van der Waals surface area contributed by atoms with Gasteiger partial charge >= 0.3 is 5.97 Å². The summed E-state index contributed by atoms with van der Waals surface area (Å²) in [6.45, 7) is 1.91. The van der Waals surface area contributed by atoms with Gasteiger partial charge in [-0.05, 0) is 57.1 Å². The molecule has 1 atom stereocenters. The molecular weight excluding hydrogens is 406 g/mol. The van der Waals surface area contributed by atoms with E-state index in [0.29, 0.717) is 12.0 Å². The minimum atomic E-state index is -0.376. The molecule has 0 amide bonds. The molecule has 0 saturated heterocycles. The predicted molar refractivity (Wildman–Crippen MR) is 107 cm³/mol. The van der Waals surface area contributed by atoms with Gasteiger partial charge in [0.2, 0.25) is 0 Å². The Hall–Kier alpha value is -1.88. The smallest absolute Gasteiger partial charge is 0.337 e. The quantitative estimate of drug-likeness (QED) is 0.693. The van der Waals surface area contributed by atoms with E-state index in [-0.39, 0.29) is 23.8 Å². The summed E-state index contributed by atoms with van der Waals surface area (Å²) in [6, 6.07) is 7.84. The topological polar surface area (TPSA) is 55.4 Å². The van der Waals surface area contributed by atoms with Crippen molar-refractivity contribution in [1.29, 1.82) is 0 Å². The van der Waals surface area contributed by atoms with Crippen LogP contribution in [-0.2, 0) is 14.3 Å². The number of halogens is 1. The highest BCUT2D eigenvalue weighted by Gasteiger charge is 2.40. The highest BCUT2D eigenvalue weighted by Crippen LogP contribution is 2.44. The normalized spacial score (nSPS) is 23.3. The summed E-state index contributed by atoms with van der Waals surface area (Å²) in [7, 11) is 0. The molecule has 3 aliphatic rings. The summed E-state index contributed by atoms with van der Waals surface area (Å²) >= 11 is 3.62. The molecule has 1 fully saturated rings. The molecule has 1 saturated carbocycles. The fraction of sp³-hybridized carbons (Fsp3) is 0.455. The molecule has 0 bridgehead atoms. The first-order valence-electron chi connectivity index (χ1n) is 9.75. The Balaban J connectivity index is 1.78. The van der Waals surface area contributed by atoms with E-state index in [1.807, 2.05) is 31.2 Å². The van der Waals surface area contributed by atoms with Gasteiger partial charge in [0, 0.05) is 33.8 Å². The minimum Gasteiger partial charge on any atom is -0.459 e. The minimum absolute atomic E-state index is 0.00454. The Morgan fingerprint density at radius 2 is 1.89 bits per heavy atom. The lowest BCUT2D eigenvalue weighted by atomic mass is 9.75. The van der Waals surface area contributed by atoms with Gasteiger partial charge in [0.05, 0.1) is 5.57 Å². The molecule has 4 nitrogen and oxygen atoms in total. The first-order chi connectivity index (χ1) is 13.1.